The minimum atomic E-state index is -1.16. The molecule has 0 radical (unpaired) electrons. The van der Waals surface area contributed by atoms with Gasteiger partial charge in [0.25, 0.3) is 0 Å². The lowest BCUT2D eigenvalue weighted by molar-refractivity contribution is -0.274. The summed E-state index contributed by atoms with van der Waals surface area (Å²) in [5.74, 6) is -3.02. The smallest absolute Gasteiger partial charge is 0.339 e. The van der Waals surface area contributed by atoms with Gasteiger partial charge in [-0.1, -0.05) is 19.9 Å². The first kappa shape index (κ1) is 28.9. The number of furan rings is 1. The predicted octanol–water partition coefficient (Wildman–Crippen LogP) is 3.46. The molecule has 1 aromatic rings. The number of hydrogen-bond acceptors (Lipinski definition) is 11. The van der Waals surface area contributed by atoms with Crippen molar-refractivity contribution in [2.75, 3.05) is 13.7 Å². The van der Waals surface area contributed by atoms with Crippen LogP contribution in [0.3, 0.4) is 0 Å². The number of rotatable bonds is 5. The lowest BCUT2D eigenvalue weighted by atomic mass is 9.37. The molecule has 0 bridgehead atoms. The van der Waals surface area contributed by atoms with Gasteiger partial charge >= 0.3 is 23.9 Å². The van der Waals surface area contributed by atoms with Crippen molar-refractivity contribution in [1.82, 2.24) is 0 Å². The Kier molecular flexibility index (Phi) is 6.31. The van der Waals surface area contributed by atoms with Crippen LogP contribution in [0.25, 0.3) is 0 Å². The highest BCUT2D eigenvalue weighted by molar-refractivity contribution is 5.83. The Balaban J connectivity index is 1.62. The molecule has 10 atom stereocenters. The largest absolute Gasteiger partial charge is 0.472 e. The summed E-state index contributed by atoms with van der Waals surface area (Å²) in [6.45, 7) is 10.6. The second-order valence-electron chi connectivity index (χ2n) is 13.3. The van der Waals surface area contributed by atoms with Crippen molar-refractivity contribution in [3.8, 4) is 0 Å². The van der Waals surface area contributed by atoms with Gasteiger partial charge in [0.2, 0.25) is 0 Å². The molecule has 2 aliphatic carbocycles. The molecule has 4 heterocycles. The maximum absolute atomic E-state index is 13.5. The van der Waals surface area contributed by atoms with E-state index in [-0.39, 0.29) is 12.5 Å². The van der Waals surface area contributed by atoms with Gasteiger partial charge in [0.1, 0.15) is 23.9 Å². The topological polar surface area (TPSA) is 140 Å². The first-order valence-corrected chi connectivity index (χ1v) is 14.4. The predicted molar refractivity (Wildman–Crippen MR) is 142 cm³/mol. The van der Waals surface area contributed by atoms with Gasteiger partial charge in [0, 0.05) is 47.6 Å². The fourth-order valence-corrected chi connectivity index (χ4v) is 9.67. The summed E-state index contributed by atoms with van der Waals surface area (Å²) in [6.07, 6.45) is 3.84. The minimum absolute atomic E-state index is 0.204. The molecule has 1 spiro atoms. The normalized spacial score (nSPS) is 44.6. The summed E-state index contributed by atoms with van der Waals surface area (Å²) >= 11 is 0. The van der Waals surface area contributed by atoms with Crippen molar-refractivity contribution in [3.63, 3.8) is 0 Å². The van der Waals surface area contributed by atoms with Crippen LogP contribution >= 0.6 is 0 Å². The molecule has 0 aromatic carbocycles. The molecule has 2 saturated carbocycles. The van der Waals surface area contributed by atoms with Crippen molar-refractivity contribution in [2.45, 2.75) is 90.0 Å². The molecule has 228 valence electrons. The van der Waals surface area contributed by atoms with Crippen LogP contribution in [-0.4, -0.2) is 67.1 Å². The second-order valence-corrected chi connectivity index (χ2v) is 13.3. The number of carbonyl (C=O) groups excluding carboxylic acids is 4. The van der Waals surface area contributed by atoms with Crippen LogP contribution < -0.4 is 0 Å². The summed E-state index contributed by atoms with van der Waals surface area (Å²) in [6, 6.07) is 1.77. The first-order chi connectivity index (χ1) is 19.7. The molecule has 11 heteroatoms. The summed E-state index contributed by atoms with van der Waals surface area (Å²) in [5.41, 5.74) is -4.05. The number of cyclic esters (lactones) is 1. The quantitative estimate of drug-likeness (QED) is 0.217. The molecule has 0 amide bonds. The number of fused-ring (bicyclic) bond motifs is 3. The highest BCUT2D eigenvalue weighted by Gasteiger charge is 2.90. The Hall–Kier alpha value is -3.18. The van der Waals surface area contributed by atoms with Crippen LogP contribution in [0, 0.1) is 28.1 Å². The zero-order valence-corrected chi connectivity index (χ0v) is 25.0. The fraction of sp³-hybridized carbons (Fsp3) is 0.677. The van der Waals surface area contributed by atoms with Crippen molar-refractivity contribution < 1.29 is 52.0 Å². The molecule has 5 fully saturated rings. The Morgan fingerprint density at radius 1 is 1.05 bits per heavy atom. The van der Waals surface area contributed by atoms with Crippen molar-refractivity contribution in [3.05, 3.63) is 36.3 Å². The lowest BCUT2D eigenvalue weighted by Gasteiger charge is -2.67. The van der Waals surface area contributed by atoms with Gasteiger partial charge < -0.3 is 32.8 Å². The molecule has 0 unspecified atom stereocenters. The maximum Gasteiger partial charge on any atom is 0.339 e. The van der Waals surface area contributed by atoms with Gasteiger partial charge in [-0.05, 0) is 38.7 Å². The third-order valence-corrected chi connectivity index (χ3v) is 11.0. The first-order valence-electron chi connectivity index (χ1n) is 14.4. The number of methoxy groups -OCH3 is 1. The van der Waals surface area contributed by atoms with E-state index in [9.17, 15) is 19.2 Å². The van der Waals surface area contributed by atoms with E-state index in [2.05, 4.69) is 0 Å². The van der Waals surface area contributed by atoms with Crippen LogP contribution in [0.2, 0.25) is 0 Å². The Morgan fingerprint density at radius 2 is 1.76 bits per heavy atom. The number of ether oxygens (including phenoxy) is 6. The summed E-state index contributed by atoms with van der Waals surface area (Å²) < 4.78 is 41.6. The molecule has 0 N–H and O–H groups in total. The van der Waals surface area contributed by atoms with Crippen LogP contribution in [0.5, 0.6) is 0 Å². The summed E-state index contributed by atoms with van der Waals surface area (Å²) in [4.78, 5) is 51.5. The summed E-state index contributed by atoms with van der Waals surface area (Å²) in [5, 5.41) is 0. The highest BCUT2D eigenvalue weighted by Crippen LogP contribution is 2.80. The Labute approximate surface area is 244 Å². The molecule has 11 nitrogen and oxygen atoms in total. The van der Waals surface area contributed by atoms with Crippen LogP contribution in [0.1, 0.15) is 66.1 Å². The molecular formula is C31H38O11. The van der Waals surface area contributed by atoms with Gasteiger partial charge in [-0.3, -0.25) is 9.59 Å². The van der Waals surface area contributed by atoms with Crippen molar-refractivity contribution >= 4 is 23.9 Å². The second kappa shape index (κ2) is 9.16. The molecule has 3 aliphatic heterocycles. The van der Waals surface area contributed by atoms with E-state index in [1.165, 1.54) is 33.3 Å². The average Bonchev–Trinajstić information content (AvgIpc) is 3.37. The van der Waals surface area contributed by atoms with Gasteiger partial charge in [-0.15, -0.1) is 0 Å². The molecule has 42 heavy (non-hydrogen) atoms. The van der Waals surface area contributed by atoms with E-state index < -0.39 is 81.7 Å². The highest BCUT2D eigenvalue weighted by atomic mass is 16.7. The van der Waals surface area contributed by atoms with Gasteiger partial charge in [0.05, 0.1) is 31.8 Å². The van der Waals surface area contributed by atoms with Crippen molar-refractivity contribution in [2.24, 2.45) is 28.1 Å². The fourth-order valence-electron chi connectivity index (χ4n) is 9.67. The Bertz CT molecular complexity index is 1350. The number of carbonyl (C=O) groups is 4. The number of hydrogen-bond donors (Lipinski definition) is 0. The van der Waals surface area contributed by atoms with Crippen LogP contribution in [-0.2, 0) is 47.6 Å². The van der Waals surface area contributed by atoms with E-state index in [4.69, 9.17) is 32.8 Å². The zero-order chi connectivity index (χ0) is 30.5. The summed E-state index contributed by atoms with van der Waals surface area (Å²) in [7, 11) is 1.30. The molecule has 3 saturated heterocycles. The maximum atomic E-state index is 13.5. The van der Waals surface area contributed by atoms with E-state index in [0.29, 0.717) is 18.4 Å². The molecule has 1 aromatic heterocycles. The van der Waals surface area contributed by atoms with Gasteiger partial charge in [-0.25, -0.2) is 9.59 Å². The molecule has 6 rings (SSSR count). The lowest BCUT2D eigenvalue weighted by Crippen LogP contribution is -2.76. The SMILES string of the molecule is COC(=O)/C=C\[C@@]12COC(C)(C)[C@H]1[C@@H](OC(C)=O)[C@@H](OC(C)=O)[C@]1(C)[C@@H]2CC[C@@]2(C)[C@H](c3ccoc3)OC(=O)[C@@H]3O[C@]312. The van der Waals surface area contributed by atoms with Gasteiger partial charge in [0.15, 0.2) is 6.10 Å². The van der Waals surface area contributed by atoms with Crippen molar-refractivity contribution in [1.29, 1.82) is 0 Å². The molecular weight excluding hydrogens is 548 g/mol. The van der Waals surface area contributed by atoms with E-state index in [0.717, 1.165) is 0 Å². The number of epoxide rings is 1. The van der Waals surface area contributed by atoms with Crippen LogP contribution in [0.4, 0.5) is 0 Å². The average molecular weight is 587 g/mol. The van der Waals surface area contributed by atoms with E-state index in [1.54, 1.807) is 12.3 Å². The van der Waals surface area contributed by atoms with E-state index >= 15 is 0 Å². The standard InChI is InChI=1S/C31H38O11/c1-16(32)39-21-22-27(3,4)38-15-30(22,12-9-20(34)36-7)19-8-11-28(5)23(18-10-13-37-14-18)41-26(35)25-31(28,42-25)29(19,6)24(21)40-17(2)33/h9-10,12-14,19,21-25H,8,11,15H2,1-7H3/b12-9-/t19-,21+,22+,23-,24+,25-,28-,29-,30-,31-/m0/s1. The zero-order valence-electron chi connectivity index (χ0n) is 25.0. The van der Waals surface area contributed by atoms with Gasteiger partial charge in [-0.2, -0.15) is 0 Å². The third kappa shape index (κ3) is 3.52. The monoisotopic (exact) mass is 586 g/mol. The minimum Gasteiger partial charge on any atom is -0.472 e. The van der Waals surface area contributed by atoms with Crippen LogP contribution in [0.15, 0.2) is 35.2 Å². The van der Waals surface area contributed by atoms with E-state index in [1.807, 2.05) is 33.8 Å². The third-order valence-electron chi connectivity index (χ3n) is 11.0. The Morgan fingerprint density at radius 3 is 2.38 bits per heavy atom. The molecule has 5 aliphatic rings. The number of esters is 4.